The van der Waals surface area contributed by atoms with Crippen molar-refractivity contribution in [2.45, 2.75) is 25.2 Å². The molecule has 0 aliphatic heterocycles. The van der Waals surface area contributed by atoms with Crippen LogP contribution in [0.5, 0.6) is 17.2 Å². The summed E-state index contributed by atoms with van der Waals surface area (Å²) in [7, 11) is -2.99. The molecule has 0 aliphatic rings. The summed E-state index contributed by atoms with van der Waals surface area (Å²) < 4.78 is 44.8. The van der Waals surface area contributed by atoms with E-state index in [9.17, 15) is 13.0 Å². The molecule has 0 bridgehead atoms. The summed E-state index contributed by atoms with van der Waals surface area (Å²) in [5.41, 5.74) is 2.02. The molecule has 0 aliphatic carbocycles. The summed E-state index contributed by atoms with van der Waals surface area (Å²) in [6.07, 6.45) is 6.02. The molecular formula is C20H22O5S. The zero-order chi connectivity index (χ0) is 19.3. The van der Waals surface area contributed by atoms with Crippen molar-refractivity contribution in [3.05, 3.63) is 59.7 Å². The standard InChI is InChI=1S/C20H22O5S/c1-5-7-10-16-14(3)12-13-18(26(21,22)23)20(16)25-19-15(6-2)9-8-11-17(19)24-4/h6-13H,2,5H2,1,3-4H3,(H,21,22,23)/b10-7+. The Hall–Kier alpha value is -2.57. The second-order valence-electron chi connectivity index (χ2n) is 5.59. The third-order valence-corrected chi connectivity index (χ3v) is 4.71. The number of rotatable bonds is 7. The Labute approximate surface area is 154 Å². The van der Waals surface area contributed by atoms with Crippen LogP contribution in [0.3, 0.4) is 0 Å². The monoisotopic (exact) mass is 374 g/mol. The summed E-state index contributed by atoms with van der Waals surface area (Å²) in [5, 5.41) is 0. The van der Waals surface area contributed by atoms with Gasteiger partial charge >= 0.3 is 0 Å². The molecule has 2 aromatic rings. The van der Waals surface area contributed by atoms with Gasteiger partial charge in [-0.2, -0.15) is 8.42 Å². The van der Waals surface area contributed by atoms with Crippen molar-refractivity contribution < 1.29 is 22.4 Å². The molecule has 0 amide bonds. The van der Waals surface area contributed by atoms with Crippen molar-refractivity contribution in [1.29, 1.82) is 0 Å². The first kappa shape index (κ1) is 19.8. The lowest BCUT2D eigenvalue weighted by molar-refractivity contribution is 0.373. The van der Waals surface area contributed by atoms with E-state index in [1.54, 1.807) is 36.4 Å². The number of hydrogen-bond donors (Lipinski definition) is 1. The van der Waals surface area contributed by atoms with Crippen LogP contribution in [0.4, 0.5) is 0 Å². The Kier molecular flexibility index (Phi) is 6.23. The van der Waals surface area contributed by atoms with Crippen molar-refractivity contribution in [2.24, 2.45) is 0 Å². The first-order chi connectivity index (χ1) is 12.3. The molecule has 2 rings (SSSR count). The van der Waals surface area contributed by atoms with Crippen LogP contribution in [0.15, 0.2) is 47.9 Å². The fraction of sp³-hybridized carbons (Fsp3) is 0.200. The van der Waals surface area contributed by atoms with Crippen LogP contribution >= 0.6 is 0 Å². The van der Waals surface area contributed by atoms with E-state index in [1.165, 1.54) is 13.2 Å². The van der Waals surface area contributed by atoms with Crippen LogP contribution < -0.4 is 9.47 Å². The normalized spacial score (nSPS) is 11.5. The zero-order valence-corrected chi connectivity index (χ0v) is 15.8. The predicted molar refractivity (Wildman–Crippen MR) is 103 cm³/mol. The molecule has 1 N–H and O–H groups in total. The fourth-order valence-corrected chi connectivity index (χ4v) is 3.12. The molecule has 2 aromatic carbocycles. The summed E-state index contributed by atoms with van der Waals surface area (Å²) in [4.78, 5) is -0.306. The Morgan fingerprint density at radius 1 is 1.19 bits per heavy atom. The third-order valence-electron chi connectivity index (χ3n) is 3.83. The Morgan fingerprint density at radius 3 is 2.50 bits per heavy atom. The van der Waals surface area contributed by atoms with Crippen molar-refractivity contribution >= 4 is 22.3 Å². The van der Waals surface area contributed by atoms with E-state index in [1.807, 2.05) is 19.9 Å². The van der Waals surface area contributed by atoms with Crippen LogP contribution in [0.2, 0.25) is 0 Å². The maximum atomic E-state index is 11.9. The van der Waals surface area contributed by atoms with Gasteiger partial charge in [0.2, 0.25) is 0 Å². The first-order valence-corrected chi connectivity index (χ1v) is 9.52. The van der Waals surface area contributed by atoms with Crippen LogP contribution in [-0.4, -0.2) is 20.1 Å². The van der Waals surface area contributed by atoms with Gasteiger partial charge in [0.15, 0.2) is 17.2 Å². The highest BCUT2D eigenvalue weighted by molar-refractivity contribution is 7.86. The SMILES string of the molecule is C=Cc1cccc(OC)c1Oc1c(S(=O)(=O)O)ccc(C)c1/C=C/CC. The second kappa shape index (κ2) is 8.21. The molecule has 6 heteroatoms. The highest BCUT2D eigenvalue weighted by Crippen LogP contribution is 2.41. The van der Waals surface area contributed by atoms with E-state index in [4.69, 9.17) is 9.47 Å². The van der Waals surface area contributed by atoms with Gasteiger partial charge in [0.1, 0.15) is 4.90 Å². The van der Waals surface area contributed by atoms with Crippen molar-refractivity contribution in [3.8, 4) is 17.2 Å². The number of allylic oxidation sites excluding steroid dienone is 1. The Bertz CT molecular complexity index is 943. The van der Waals surface area contributed by atoms with Crippen molar-refractivity contribution in [2.75, 3.05) is 7.11 Å². The summed E-state index contributed by atoms with van der Waals surface area (Å²) in [6.45, 7) is 7.56. The van der Waals surface area contributed by atoms with Gasteiger partial charge in [0, 0.05) is 11.1 Å². The minimum absolute atomic E-state index is 0.0461. The highest BCUT2D eigenvalue weighted by atomic mass is 32.2. The molecule has 0 saturated heterocycles. The number of benzene rings is 2. The second-order valence-corrected chi connectivity index (χ2v) is 6.98. The Balaban J connectivity index is 2.78. The van der Waals surface area contributed by atoms with Gasteiger partial charge in [-0.05, 0) is 31.0 Å². The molecule has 0 atom stereocenters. The van der Waals surface area contributed by atoms with Crippen LogP contribution in [0.1, 0.15) is 30.0 Å². The smallest absolute Gasteiger partial charge is 0.298 e. The molecule has 26 heavy (non-hydrogen) atoms. The van der Waals surface area contributed by atoms with E-state index < -0.39 is 10.1 Å². The maximum absolute atomic E-state index is 11.9. The van der Waals surface area contributed by atoms with Gasteiger partial charge < -0.3 is 9.47 Å². The number of hydrogen-bond acceptors (Lipinski definition) is 4. The average Bonchev–Trinajstić information content (AvgIpc) is 2.60. The van der Waals surface area contributed by atoms with Gasteiger partial charge in [-0.25, -0.2) is 0 Å². The molecule has 0 radical (unpaired) electrons. The number of ether oxygens (including phenoxy) is 2. The van der Waals surface area contributed by atoms with Gasteiger partial charge in [-0.1, -0.05) is 49.9 Å². The molecular weight excluding hydrogens is 352 g/mol. The van der Waals surface area contributed by atoms with Gasteiger partial charge in [0.25, 0.3) is 10.1 Å². The molecule has 5 nitrogen and oxygen atoms in total. The molecule has 0 heterocycles. The van der Waals surface area contributed by atoms with Crippen LogP contribution in [-0.2, 0) is 10.1 Å². The minimum Gasteiger partial charge on any atom is -0.493 e. The van der Waals surface area contributed by atoms with E-state index >= 15 is 0 Å². The van der Waals surface area contributed by atoms with Gasteiger partial charge in [0.05, 0.1) is 7.11 Å². The molecule has 0 aromatic heterocycles. The third kappa shape index (κ3) is 4.15. The Morgan fingerprint density at radius 2 is 1.92 bits per heavy atom. The number of methoxy groups -OCH3 is 1. The zero-order valence-electron chi connectivity index (χ0n) is 15.0. The summed E-state index contributed by atoms with van der Waals surface area (Å²) in [6, 6.07) is 8.21. The first-order valence-electron chi connectivity index (χ1n) is 8.08. The average molecular weight is 374 g/mol. The lowest BCUT2D eigenvalue weighted by Crippen LogP contribution is -2.05. The maximum Gasteiger partial charge on any atom is 0.298 e. The summed E-state index contributed by atoms with van der Waals surface area (Å²) >= 11 is 0. The van der Waals surface area contributed by atoms with Crippen LogP contribution in [0, 0.1) is 6.92 Å². The molecule has 138 valence electrons. The van der Waals surface area contributed by atoms with Gasteiger partial charge in [-0.3, -0.25) is 4.55 Å². The van der Waals surface area contributed by atoms with Crippen molar-refractivity contribution in [1.82, 2.24) is 0 Å². The lowest BCUT2D eigenvalue weighted by atomic mass is 10.1. The number of para-hydroxylation sites is 1. The molecule has 0 saturated carbocycles. The molecule has 0 unspecified atom stereocenters. The molecule has 0 fully saturated rings. The summed E-state index contributed by atoms with van der Waals surface area (Å²) in [5.74, 6) is 0.798. The minimum atomic E-state index is -4.48. The largest absolute Gasteiger partial charge is 0.493 e. The van der Waals surface area contributed by atoms with E-state index in [0.717, 1.165) is 12.0 Å². The van der Waals surface area contributed by atoms with Gasteiger partial charge in [-0.15, -0.1) is 0 Å². The highest BCUT2D eigenvalue weighted by Gasteiger charge is 2.23. The number of aryl methyl sites for hydroxylation is 1. The molecule has 0 spiro atoms. The predicted octanol–water partition coefficient (Wildman–Crippen LogP) is 5.11. The van der Waals surface area contributed by atoms with E-state index in [2.05, 4.69) is 6.58 Å². The van der Waals surface area contributed by atoms with Crippen LogP contribution in [0.25, 0.3) is 12.2 Å². The topological polar surface area (TPSA) is 72.8 Å². The van der Waals surface area contributed by atoms with Crippen molar-refractivity contribution in [3.63, 3.8) is 0 Å². The lowest BCUT2D eigenvalue weighted by Gasteiger charge is -2.18. The fourth-order valence-electron chi connectivity index (χ4n) is 2.49. The van der Waals surface area contributed by atoms with E-state index in [-0.39, 0.29) is 10.6 Å². The van der Waals surface area contributed by atoms with E-state index in [0.29, 0.717) is 22.6 Å². The quantitative estimate of drug-likeness (QED) is 0.682.